The Labute approximate surface area is 133 Å². The van der Waals surface area contributed by atoms with Crippen LogP contribution in [-0.2, 0) is 9.59 Å². The van der Waals surface area contributed by atoms with Crippen LogP contribution in [-0.4, -0.2) is 22.0 Å². The van der Waals surface area contributed by atoms with Crippen molar-refractivity contribution in [1.29, 1.82) is 0 Å². The maximum absolute atomic E-state index is 10.8. The minimum Gasteiger partial charge on any atom is -0.507 e. The number of ketones is 1. The van der Waals surface area contributed by atoms with Crippen LogP contribution >= 0.6 is 46.4 Å². The van der Waals surface area contributed by atoms with Crippen molar-refractivity contribution in [3.05, 3.63) is 49.9 Å². The summed E-state index contributed by atoms with van der Waals surface area (Å²) >= 11 is 23.3. The number of hydrogen-bond acceptors (Lipinski definition) is 3. The third-order valence-electron chi connectivity index (χ3n) is 2.09. The number of allylic oxidation sites excluding steroid dienone is 2. The average Bonchev–Trinajstić information content (AvgIpc) is 2.39. The first-order chi connectivity index (χ1) is 9.25. The van der Waals surface area contributed by atoms with Gasteiger partial charge in [0.25, 0.3) is 5.78 Å². The van der Waals surface area contributed by atoms with Crippen LogP contribution in [0.25, 0.3) is 5.76 Å². The van der Waals surface area contributed by atoms with Crippen molar-refractivity contribution in [3.63, 3.8) is 0 Å². The molecular weight excluding hydrogens is 350 g/mol. The van der Waals surface area contributed by atoms with Crippen molar-refractivity contribution in [1.82, 2.24) is 0 Å². The molecule has 0 aliphatic rings. The Morgan fingerprint density at radius 2 is 1.60 bits per heavy atom. The number of carboxylic acid groups (broad SMARTS) is 1. The second-order valence-electron chi connectivity index (χ2n) is 3.43. The van der Waals surface area contributed by atoms with E-state index >= 15 is 0 Å². The lowest BCUT2D eigenvalue weighted by Crippen LogP contribution is -2.08. The van der Waals surface area contributed by atoms with Gasteiger partial charge in [-0.05, 0) is 18.2 Å². The average molecular weight is 356 g/mol. The standard InChI is InChI=1S/C12H6Cl4O4/c13-6-4-5(9(14)11(16)10(6)15)7(17)2-1-3-8(18)12(19)20/h1-4,17H,(H,19,20)/b3-1+,7-2-. The van der Waals surface area contributed by atoms with Crippen LogP contribution in [0.4, 0.5) is 0 Å². The maximum Gasteiger partial charge on any atom is 0.376 e. The lowest BCUT2D eigenvalue weighted by molar-refractivity contribution is -0.146. The highest BCUT2D eigenvalue weighted by molar-refractivity contribution is 6.52. The third kappa shape index (κ3) is 3.90. The molecule has 0 saturated heterocycles. The molecular formula is C12H6Cl4O4. The first-order valence-corrected chi connectivity index (χ1v) is 6.44. The molecule has 20 heavy (non-hydrogen) atoms. The van der Waals surface area contributed by atoms with Crippen LogP contribution in [0.3, 0.4) is 0 Å². The minimum absolute atomic E-state index is 0.0206. The van der Waals surface area contributed by atoms with E-state index in [4.69, 9.17) is 51.5 Å². The van der Waals surface area contributed by atoms with Crippen LogP contribution in [0.1, 0.15) is 5.56 Å². The number of carboxylic acids is 1. The zero-order valence-corrected chi connectivity index (χ0v) is 12.6. The molecule has 0 bridgehead atoms. The Balaban J connectivity index is 3.13. The van der Waals surface area contributed by atoms with Gasteiger partial charge in [0.1, 0.15) is 5.76 Å². The second kappa shape index (κ2) is 6.99. The van der Waals surface area contributed by atoms with Crippen LogP contribution in [0.5, 0.6) is 0 Å². The van der Waals surface area contributed by atoms with Gasteiger partial charge < -0.3 is 10.2 Å². The summed E-state index contributed by atoms with van der Waals surface area (Å²) in [6.45, 7) is 0. The van der Waals surface area contributed by atoms with Gasteiger partial charge in [0.2, 0.25) is 0 Å². The first kappa shape index (κ1) is 16.9. The molecule has 106 valence electrons. The molecule has 0 atom stereocenters. The molecule has 0 aliphatic heterocycles. The summed E-state index contributed by atoms with van der Waals surface area (Å²) in [5.41, 5.74) is 0.0958. The van der Waals surface area contributed by atoms with E-state index in [-0.39, 0.29) is 31.4 Å². The molecule has 4 nitrogen and oxygen atoms in total. The van der Waals surface area contributed by atoms with Crippen molar-refractivity contribution in [2.45, 2.75) is 0 Å². The Bertz CT molecular complexity index is 635. The summed E-state index contributed by atoms with van der Waals surface area (Å²) in [5.74, 6) is -3.10. The van der Waals surface area contributed by atoms with Crippen molar-refractivity contribution >= 4 is 63.9 Å². The number of aliphatic carboxylic acids is 1. The van der Waals surface area contributed by atoms with E-state index in [1.165, 1.54) is 6.07 Å². The molecule has 0 unspecified atom stereocenters. The molecule has 0 saturated carbocycles. The van der Waals surface area contributed by atoms with Crippen LogP contribution in [0.15, 0.2) is 24.3 Å². The van der Waals surface area contributed by atoms with E-state index in [0.29, 0.717) is 0 Å². The van der Waals surface area contributed by atoms with Crippen molar-refractivity contribution in [2.75, 3.05) is 0 Å². The largest absolute Gasteiger partial charge is 0.507 e. The Morgan fingerprint density at radius 3 is 2.15 bits per heavy atom. The fourth-order valence-corrected chi connectivity index (χ4v) is 2.05. The lowest BCUT2D eigenvalue weighted by atomic mass is 10.1. The lowest BCUT2D eigenvalue weighted by Gasteiger charge is -2.08. The van der Waals surface area contributed by atoms with Gasteiger partial charge in [-0.2, -0.15) is 0 Å². The number of aliphatic hydroxyl groups is 1. The van der Waals surface area contributed by atoms with Crippen molar-refractivity contribution < 1.29 is 19.8 Å². The van der Waals surface area contributed by atoms with Crippen molar-refractivity contribution in [2.24, 2.45) is 0 Å². The van der Waals surface area contributed by atoms with Crippen molar-refractivity contribution in [3.8, 4) is 0 Å². The molecule has 0 amide bonds. The summed E-state index contributed by atoms with van der Waals surface area (Å²) in [4.78, 5) is 21.1. The molecule has 1 aromatic carbocycles. The SMILES string of the molecule is O=C(O)C(=O)/C=C/C=C(\O)c1cc(Cl)c(Cl)c(Cl)c1Cl. The summed E-state index contributed by atoms with van der Waals surface area (Å²) in [7, 11) is 0. The van der Waals surface area contributed by atoms with E-state index < -0.39 is 11.8 Å². The molecule has 1 aromatic rings. The van der Waals surface area contributed by atoms with Gasteiger partial charge in [-0.25, -0.2) is 4.79 Å². The minimum atomic E-state index is -1.61. The van der Waals surface area contributed by atoms with Crippen LogP contribution in [0, 0.1) is 0 Å². The molecule has 8 heteroatoms. The fourth-order valence-electron chi connectivity index (χ4n) is 1.15. The monoisotopic (exact) mass is 354 g/mol. The number of rotatable bonds is 4. The number of halogens is 4. The van der Waals surface area contributed by atoms with E-state index in [1.807, 2.05) is 0 Å². The third-order valence-corrected chi connectivity index (χ3v) is 3.84. The van der Waals surface area contributed by atoms with E-state index in [9.17, 15) is 14.7 Å². The van der Waals surface area contributed by atoms with Gasteiger partial charge in [0.15, 0.2) is 0 Å². The second-order valence-corrected chi connectivity index (χ2v) is 4.97. The molecule has 0 radical (unpaired) electrons. The van der Waals surface area contributed by atoms with Gasteiger partial charge in [-0.1, -0.05) is 52.5 Å². The van der Waals surface area contributed by atoms with E-state index in [2.05, 4.69) is 0 Å². The molecule has 0 aliphatic carbocycles. The predicted octanol–water partition coefficient (Wildman–Crippen LogP) is 4.41. The Morgan fingerprint density at radius 1 is 1.00 bits per heavy atom. The predicted molar refractivity (Wildman–Crippen MR) is 78.9 cm³/mol. The highest BCUT2D eigenvalue weighted by atomic mass is 35.5. The summed E-state index contributed by atoms with van der Waals surface area (Å²) < 4.78 is 0. The van der Waals surface area contributed by atoms with Gasteiger partial charge in [0, 0.05) is 5.56 Å². The van der Waals surface area contributed by atoms with E-state index in [0.717, 1.165) is 18.2 Å². The normalized spacial score (nSPS) is 11.9. The Kier molecular flexibility index (Phi) is 5.89. The van der Waals surface area contributed by atoms with Gasteiger partial charge >= 0.3 is 5.97 Å². The first-order valence-electron chi connectivity index (χ1n) is 4.93. The number of aliphatic hydroxyl groups excluding tert-OH is 1. The van der Waals surface area contributed by atoms with Crippen LogP contribution < -0.4 is 0 Å². The van der Waals surface area contributed by atoms with Gasteiger partial charge in [0.05, 0.1) is 20.1 Å². The molecule has 0 spiro atoms. The number of benzene rings is 1. The number of hydrogen-bond donors (Lipinski definition) is 2. The Hall–Kier alpha value is -1.20. The highest BCUT2D eigenvalue weighted by Crippen LogP contribution is 2.40. The molecule has 1 rings (SSSR count). The maximum atomic E-state index is 10.8. The zero-order valence-electron chi connectivity index (χ0n) is 9.53. The number of carbonyl (C=O) groups is 2. The molecule has 0 heterocycles. The highest BCUT2D eigenvalue weighted by Gasteiger charge is 2.15. The topological polar surface area (TPSA) is 74.6 Å². The summed E-state index contributed by atoms with van der Waals surface area (Å²) in [6.07, 6.45) is 2.90. The van der Waals surface area contributed by atoms with E-state index in [1.54, 1.807) is 0 Å². The zero-order chi connectivity index (χ0) is 15.4. The van der Waals surface area contributed by atoms with Crippen LogP contribution in [0.2, 0.25) is 20.1 Å². The van der Waals surface area contributed by atoms with Gasteiger partial charge in [-0.3, -0.25) is 4.79 Å². The number of carbonyl (C=O) groups excluding carboxylic acids is 1. The fraction of sp³-hybridized carbons (Fsp3) is 0. The quantitative estimate of drug-likeness (QED) is 0.209. The smallest absolute Gasteiger partial charge is 0.376 e. The molecule has 0 fully saturated rings. The molecule has 2 N–H and O–H groups in total. The summed E-state index contributed by atoms with van der Waals surface area (Å²) in [5, 5.41) is 18.2. The molecule has 0 aromatic heterocycles. The summed E-state index contributed by atoms with van der Waals surface area (Å²) in [6, 6.07) is 1.29. The van der Waals surface area contributed by atoms with Gasteiger partial charge in [-0.15, -0.1) is 0 Å².